The zero-order valence-electron chi connectivity index (χ0n) is 9.36. The van der Waals surface area contributed by atoms with E-state index in [-0.39, 0.29) is 27.5 Å². The second kappa shape index (κ2) is 4.28. The number of fused-ring (bicyclic) bond motifs is 1. The van der Waals surface area contributed by atoms with Gasteiger partial charge in [-0.3, -0.25) is 15.4 Å². The molecule has 0 aliphatic heterocycles. The number of nitrogens with zero attached hydrogens (tertiary/aromatic N) is 4. The van der Waals surface area contributed by atoms with Gasteiger partial charge >= 0.3 is 11.5 Å². The summed E-state index contributed by atoms with van der Waals surface area (Å²) in [6.07, 6.45) is 0. The molecular formula is C9H9N5O4. The highest BCUT2D eigenvalue weighted by molar-refractivity contribution is 5.71. The van der Waals surface area contributed by atoms with Crippen molar-refractivity contribution < 1.29 is 14.5 Å². The largest absolute Gasteiger partial charge is 0.739 e. The maximum absolute atomic E-state index is 11.8. The van der Waals surface area contributed by atoms with Gasteiger partial charge in [0.15, 0.2) is 5.52 Å². The predicted octanol–water partition coefficient (Wildman–Crippen LogP) is -0.158. The van der Waals surface area contributed by atoms with Gasteiger partial charge in [-0.15, -0.1) is 0 Å². The standard InChI is InChI=1S/C9H9N5O4/c1-2-10-9-11-13(16)8-5-6(14(17)18)3-4-7(8)12(9)15/h3-5H,2H2,1H3,(H,10,11). The molecule has 0 amide bonds. The summed E-state index contributed by atoms with van der Waals surface area (Å²) in [5.74, 6) is -0.145. The Bertz CT molecular complexity index is 630. The van der Waals surface area contributed by atoms with Gasteiger partial charge in [-0.05, 0) is 13.0 Å². The van der Waals surface area contributed by atoms with E-state index >= 15 is 0 Å². The highest BCUT2D eigenvalue weighted by Gasteiger charge is 2.22. The van der Waals surface area contributed by atoms with Gasteiger partial charge in [-0.1, -0.05) is 0 Å². The van der Waals surface area contributed by atoms with Crippen LogP contribution in [0.3, 0.4) is 0 Å². The van der Waals surface area contributed by atoms with Crippen LogP contribution in [0, 0.1) is 20.5 Å². The van der Waals surface area contributed by atoms with Crippen LogP contribution < -0.4 is 14.9 Å². The van der Waals surface area contributed by atoms with E-state index in [1.165, 1.54) is 6.07 Å². The molecule has 2 rings (SSSR count). The predicted molar refractivity (Wildman–Crippen MR) is 60.5 cm³/mol. The first-order chi connectivity index (χ1) is 8.54. The Hall–Kier alpha value is -2.71. The molecule has 0 saturated carbocycles. The van der Waals surface area contributed by atoms with Crippen molar-refractivity contribution in [2.75, 3.05) is 11.9 Å². The molecule has 0 unspecified atom stereocenters. The molecule has 0 radical (unpaired) electrons. The number of rotatable bonds is 3. The fraction of sp³-hybridized carbons (Fsp3) is 0.222. The van der Waals surface area contributed by atoms with E-state index in [4.69, 9.17) is 0 Å². The van der Waals surface area contributed by atoms with Crippen LogP contribution in [0.4, 0.5) is 11.6 Å². The molecule has 0 atom stereocenters. The van der Waals surface area contributed by atoms with Crippen LogP contribution in [0.25, 0.3) is 11.0 Å². The van der Waals surface area contributed by atoms with Crippen molar-refractivity contribution in [3.05, 3.63) is 38.7 Å². The van der Waals surface area contributed by atoms with Crippen molar-refractivity contribution in [3.63, 3.8) is 0 Å². The van der Waals surface area contributed by atoms with E-state index < -0.39 is 4.92 Å². The van der Waals surface area contributed by atoms with Gasteiger partial charge in [0.25, 0.3) is 5.69 Å². The average molecular weight is 251 g/mol. The van der Waals surface area contributed by atoms with E-state index in [2.05, 4.69) is 10.4 Å². The van der Waals surface area contributed by atoms with Gasteiger partial charge in [0.05, 0.1) is 17.5 Å². The molecule has 0 bridgehead atoms. The first kappa shape index (κ1) is 11.8. The Labute approximate surface area is 101 Å². The zero-order chi connectivity index (χ0) is 13.3. The molecule has 9 heteroatoms. The summed E-state index contributed by atoms with van der Waals surface area (Å²) < 4.78 is 0.428. The maximum atomic E-state index is 11.8. The molecule has 1 heterocycles. The van der Waals surface area contributed by atoms with Gasteiger partial charge in [0.2, 0.25) is 5.10 Å². The second-order valence-corrected chi connectivity index (χ2v) is 3.45. The molecule has 0 fully saturated rings. The van der Waals surface area contributed by atoms with Crippen molar-refractivity contribution >= 4 is 22.7 Å². The van der Waals surface area contributed by atoms with Crippen LogP contribution in [0.2, 0.25) is 0 Å². The van der Waals surface area contributed by atoms with E-state index in [1.54, 1.807) is 6.92 Å². The molecule has 18 heavy (non-hydrogen) atoms. The molecule has 94 valence electrons. The van der Waals surface area contributed by atoms with Gasteiger partial charge in [-0.25, -0.2) is 4.73 Å². The lowest BCUT2D eigenvalue weighted by atomic mass is 10.3. The Morgan fingerprint density at radius 2 is 2.11 bits per heavy atom. The third-order valence-corrected chi connectivity index (χ3v) is 2.31. The number of nitro groups is 1. The summed E-state index contributed by atoms with van der Waals surface area (Å²) in [6, 6.07) is 3.39. The lowest BCUT2D eigenvalue weighted by Crippen LogP contribution is -2.44. The SMILES string of the molecule is CCNc1n[n+]([O-])c2cc([N+](=O)[O-])ccc2[n+]1[O-]. The molecular weight excluding hydrogens is 242 g/mol. The summed E-state index contributed by atoms with van der Waals surface area (Å²) in [5, 5.41) is 40.1. The number of aromatic nitrogens is 3. The first-order valence-electron chi connectivity index (χ1n) is 5.10. The number of hydrogen-bond donors (Lipinski definition) is 1. The Kier molecular flexibility index (Phi) is 2.80. The van der Waals surface area contributed by atoms with E-state index in [0.29, 0.717) is 11.3 Å². The van der Waals surface area contributed by atoms with Crippen LogP contribution in [0.1, 0.15) is 6.92 Å². The third-order valence-electron chi connectivity index (χ3n) is 2.31. The van der Waals surface area contributed by atoms with E-state index in [1.807, 2.05) is 0 Å². The minimum Gasteiger partial charge on any atom is -0.739 e. The minimum absolute atomic E-state index is 0.0153. The first-order valence-corrected chi connectivity index (χ1v) is 5.10. The van der Waals surface area contributed by atoms with Crippen molar-refractivity contribution in [2.24, 2.45) is 0 Å². The monoisotopic (exact) mass is 251 g/mol. The highest BCUT2D eigenvalue weighted by atomic mass is 16.6. The quantitative estimate of drug-likeness (QED) is 0.350. The smallest absolute Gasteiger partial charge is 0.460 e. The van der Waals surface area contributed by atoms with Crippen molar-refractivity contribution in [1.82, 2.24) is 5.10 Å². The topological polar surface area (TPSA) is 122 Å². The van der Waals surface area contributed by atoms with Crippen LogP contribution >= 0.6 is 0 Å². The number of hydrogen-bond acceptors (Lipinski definition) is 6. The van der Waals surface area contributed by atoms with E-state index in [9.17, 15) is 20.5 Å². The number of non-ortho nitro benzene ring substituents is 1. The van der Waals surface area contributed by atoms with Gasteiger partial charge in [0, 0.05) is 10.9 Å². The molecule has 1 aromatic carbocycles. The summed E-state index contributed by atoms with van der Waals surface area (Å²) in [5.41, 5.74) is -0.410. The number of anilines is 1. The van der Waals surface area contributed by atoms with Crippen LogP contribution in [0.15, 0.2) is 18.2 Å². The number of nitrogens with one attached hydrogen (secondary N) is 1. The summed E-state index contributed by atoms with van der Waals surface area (Å²) in [7, 11) is 0. The molecule has 0 aliphatic carbocycles. The zero-order valence-corrected chi connectivity index (χ0v) is 9.36. The second-order valence-electron chi connectivity index (χ2n) is 3.45. The lowest BCUT2D eigenvalue weighted by Gasteiger charge is -2.08. The Morgan fingerprint density at radius 1 is 1.39 bits per heavy atom. The molecule has 2 aromatic rings. The van der Waals surface area contributed by atoms with Gasteiger partial charge in [0.1, 0.15) is 0 Å². The Morgan fingerprint density at radius 3 is 2.72 bits per heavy atom. The average Bonchev–Trinajstić information content (AvgIpc) is 2.35. The van der Waals surface area contributed by atoms with Crippen molar-refractivity contribution in [2.45, 2.75) is 6.92 Å². The fourth-order valence-electron chi connectivity index (χ4n) is 1.51. The molecule has 1 aromatic heterocycles. The van der Waals surface area contributed by atoms with Crippen LogP contribution in [-0.4, -0.2) is 16.6 Å². The molecule has 9 nitrogen and oxygen atoms in total. The van der Waals surface area contributed by atoms with E-state index in [0.717, 1.165) is 12.1 Å². The lowest BCUT2D eigenvalue weighted by molar-refractivity contribution is -0.672. The number of benzene rings is 1. The molecule has 0 aliphatic rings. The van der Waals surface area contributed by atoms with Gasteiger partial charge in [-0.2, -0.15) is 0 Å². The normalized spacial score (nSPS) is 10.5. The number of nitro benzene ring substituents is 1. The molecule has 0 saturated heterocycles. The molecule has 1 N–H and O–H groups in total. The molecule has 0 spiro atoms. The van der Waals surface area contributed by atoms with Gasteiger partial charge < -0.3 is 10.4 Å². The summed E-state index contributed by atoms with van der Waals surface area (Å²) >= 11 is 0. The van der Waals surface area contributed by atoms with Crippen LogP contribution in [0.5, 0.6) is 0 Å². The summed E-state index contributed by atoms with van der Waals surface area (Å²) in [4.78, 5) is 10.1. The minimum atomic E-state index is -0.646. The maximum Gasteiger partial charge on any atom is 0.460 e. The van der Waals surface area contributed by atoms with Crippen molar-refractivity contribution in [3.8, 4) is 0 Å². The summed E-state index contributed by atoms with van der Waals surface area (Å²) in [6.45, 7) is 2.17. The van der Waals surface area contributed by atoms with Crippen molar-refractivity contribution in [1.29, 1.82) is 0 Å². The Balaban J connectivity index is 2.71. The highest BCUT2D eigenvalue weighted by Crippen LogP contribution is 2.15. The van der Waals surface area contributed by atoms with Crippen LogP contribution in [-0.2, 0) is 0 Å². The fourth-order valence-corrected chi connectivity index (χ4v) is 1.51. The third kappa shape index (κ3) is 1.81.